The van der Waals surface area contributed by atoms with Crippen molar-refractivity contribution in [2.45, 2.75) is 13.8 Å². The Morgan fingerprint density at radius 3 is 2.67 bits per heavy atom. The van der Waals surface area contributed by atoms with Crippen LogP contribution in [0.2, 0.25) is 5.02 Å². The molecule has 18 heavy (non-hydrogen) atoms. The second kappa shape index (κ2) is 4.66. The van der Waals surface area contributed by atoms with Crippen LogP contribution in [-0.2, 0) is 0 Å². The zero-order valence-electron chi connectivity index (χ0n) is 9.80. The Morgan fingerprint density at radius 1 is 1.39 bits per heavy atom. The van der Waals surface area contributed by atoms with Gasteiger partial charge in [-0.15, -0.1) is 5.10 Å². The predicted molar refractivity (Wildman–Crippen MR) is 68.1 cm³/mol. The van der Waals surface area contributed by atoms with Gasteiger partial charge in [0.1, 0.15) is 0 Å². The lowest BCUT2D eigenvalue weighted by molar-refractivity contribution is 0.101. The van der Waals surface area contributed by atoms with Crippen LogP contribution in [0.5, 0.6) is 0 Å². The molecule has 0 aliphatic heterocycles. The molecular weight excluding hydrogens is 256 g/mol. The molecule has 0 spiro atoms. The molecule has 0 saturated carbocycles. The van der Waals surface area contributed by atoms with Crippen molar-refractivity contribution in [1.82, 2.24) is 15.2 Å². The first-order valence-electron chi connectivity index (χ1n) is 5.20. The minimum atomic E-state index is -0.535. The van der Waals surface area contributed by atoms with E-state index in [0.717, 1.165) is 11.1 Å². The van der Waals surface area contributed by atoms with Crippen LogP contribution in [0.25, 0.3) is 0 Å². The van der Waals surface area contributed by atoms with Crippen LogP contribution >= 0.6 is 11.6 Å². The van der Waals surface area contributed by atoms with Crippen LogP contribution in [0.3, 0.4) is 0 Å². The molecule has 1 aromatic carbocycles. The van der Waals surface area contributed by atoms with E-state index in [1.54, 1.807) is 6.07 Å². The summed E-state index contributed by atoms with van der Waals surface area (Å²) in [6, 6.07) is 3.65. The fourth-order valence-corrected chi connectivity index (χ4v) is 1.99. The van der Waals surface area contributed by atoms with E-state index in [4.69, 9.17) is 11.6 Å². The molecule has 0 atom stereocenters. The number of carbonyl (C=O) groups excluding carboxylic acids is 1. The smallest absolute Gasteiger partial charge is 0.318 e. The third-order valence-corrected chi connectivity index (χ3v) is 2.68. The molecule has 0 aliphatic rings. The van der Waals surface area contributed by atoms with Crippen LogP contribution < -0.4 is 11.0 Å². The molecule has 0 saturated heterocycles. The summed E-state index contributed by atoms with van der Waals surface area (Å²) in [5.41, 5.74) is 1.82. The Labute approximate surface area is 107 Å². The van der Waals surface area contributed by atoms with Crippen molar-refractivity contribution in [3.8, 4) is 0 Å². The maximum atomic E-state index is 11.8. The van der Waals surface area contributed by atoms with Gasteiger partial charge in [-0.1, -0.05) is 17.7 Å². The van der Waals surface area contributed by atoms with Gasteiger partial charge in [-0.05, 0) is 31.0 Å². The number of aryl methyl sites for hydroxylation is 2. The summed E-state index contributed by atoms with van der Waals surface area (Å²) in [5.74, 6) is -0.613. The average Bonchev–Trinajstić information content (AvgIpc) is 2.70. The van der Waals surface area contributed by atoms with Crippen molar-refractivity contribution < 1.29 is 4.79 Å². The molecule has 3 N–H and O–H groups in total. The van der Waals surface area contributed by atoms with Crippen LogP contribution in [0.4, 0.5) is 5.69 Å². The number of aromatic nitrogens is 3. The van der Waals surface area contributed by atoms with E-state index in [0.29, 0.717) is 10.7 Å². The maximum Gasteiger partial charge on any atom is 0.341 e. The normalized spacial score (nSPS) is 10.4. The van der Waals surface area contributed by atoms with Crippen LogP contribution in [0, 0.1) is 13.8 Å². The van der Waals surface area contributed by atoms with Crippen molar-refractivity contribution in [3.63, 3.8) is 0 Å². The predicted octanol–water partition coefficient (Wildman–Crippen LogP) is 1.62. The highest BCUT2D eigenvalue weighted by molar-refractivity contribution is 6.34. The highest BCUT2D eigenvalue weighted by Crippen LogP contribution is 2.27. The Balaban J connectivity index is 2.30. The van der Waals surface area contributed by atoms with Crippen molar-refractivity contribution >= 4 is 23.2 Å². The summed E-state index contributed by atoms with van der Waals surface area (Å²) < 4.78 is 0. The molecule has 1 heterocycles. The largest absolute Gasteiger partial charge is 0.341 e. The lowest BCUT2D eigenvalue weighted by Gasteiger charge is -2.10. The van der Waals surface area contributed by atoms with Gasteiger partial charge in [0.05, 0.1) is 10.7 Å². The lowest BCUT2D eigenvalue weighted by atomic mass is 10.1. The van der Waals surface area contributed by atoms with Gasteiger partial charge in [-0.25, -0.2) is 9.89 Å². The second-order valence-electron chi connectivity index (χ2n) is 3.92. The first-order chi connectivity index (χ1) is 8.47. The highest BCUT2D eigenvalue weighted by Gasteiger charge is 2.13. The van der Waals surface area contributed by atoms with Crippen molar-refractivity contribution in [3.05, 3.63) is 44.6 Å². The Bertz CT molecular complexity index is 636. The van der Waals surface area contributed by atoms with E-state index in [9.17, 15) is 9.59 Å². The van der Waals surface area contributed by atoms with Crippen LogP contribution in [0.15, 0.2) is 16.9 Å². The van der Waals surface area contributed by atoms with Gasteiger partial charge in [0.15, 0.2) is 0 Å². The molecule has 0 aliphatic carbocycles. The molecule has 2 rings (SSSR count). The van der Waals surface area contributed by atoms with Gasteiger partial charge < -0.3 is 5.32 Å². The number of nitrogens with zero attached hydrogens (tertiary/aromatic N) is 1. The van der Waals surface area contributed by atoms with Crippen LogP contribution in [-0.4, -0.2) is 21.1 Å². The number of anilines is 1. The number of nitrogens with one attached hydrogen (secondary N) is 3. The third-order valence-electron chi connectivity index (χ3n) is 2.39. The number of hydrogen-bond acceptors (Lipinski definition) is 3. The highest BCUT2D eigenvalue weighted by atomic mass is 35.5. The molecule has 0 unspecified atom stereocenters. The maximum absolute atomic E-state index is 11.8. The minimum Gasteiger partial charge on any atom is -0.318 e. The third kappa shape index (κ3) is 2.43. The first-order valence-corrected chi connectivity index (χ1v) is 5.58. The molecule has 7 heteroatoms. The molecule has 0 fully saturated rings. The number of halogens is 1. The molecule has 6 nitrogen and oxygen atoms in total. The summed E-state index contributed by atoms with van der Waals surface area (Å²) >= 11 is 6.06. The number of aromatic amines is 2. The number of benzene rings is 1. The molecule has 0 bridgehead atoms. The van der Waals surface area contributed by atoms with E-state index in [-0.39, 0.29) is 5.82 Å². The van der Waals surface area contributed by atoms with Gasteiger partial charge in [0.25, 0.3) is 5.91 Å². The molecule has 94 valence electrons. The molecule has 0 radical (unpaired) electrons. The minimum absolute atomic E-state index is 0.0870. The van der Waals surface area contributed by atoms with Gasteiger partial charge >= 0.3 is 5.69 Å². The molecule has 2 aromatic rings. The zero-order valence-corrected chi connectivity index (χ0v) is 10.6. The van der Waals surface area contributed by atoms with E-state index < -0.39 is 11.6 Å². The molecular formula is C11H11ClN4O2. The standard InChI is InChI=1S/C11H11ClN4O2/c1-5-3-6(2)8(7(12)4-5)13-10(17)9-14-11(18)16-15-9/h3-4H,1-2H3,(H,13,17)(H2,14,15,16,18). The van der Waals surface area contributed by atoms with Gasteiger partial charge in [0, 0.05) is 0 Å². The molecule has 1 aromatic heterocycles. The number of H-pyrrole nitrogens is 2. The van der Waals surface area contributed by atoms with Gasteiger partial charge in [-0.3, -0.25) is 9.78 Å². The summed E-state index contributed by atoms with van der Waals surface area (Å²) in [7, 11) is 0. The van der Waals surface area contributed by atoms with Crippen molar-refractivity contribution in [2.24, 2.45) is 0 Å². The van der Waals surface area contributed by atoms with E-state index in [2.05, 4.69) is 20.5 Å². The van der Waals surface area contributed by atoms with Gasteiger partial charge in [-0.2, -0.15) is 0 Å². The Hall–Kier alpha value is -2.08. The number of carbonyl (C=O) groups is 1. The number of rotatable bonds is 2. The Morgan fingerprint density at radius 2 is 2.11 bits per heavy atom. The lowest BCUT2D eigenvalue weighted by Crippen LogP contribution is -2.16. The monoisotopic (exact) mass is 266 g/mol. The summed E-state index contributed by atoms with van der Waals surface area (Å²) in [6.07, 6.45) is 0. The summed E-state index contributed by atoms with van der Waals surface area (Å²) in [4.78, 5) is 24.9. The fraction of sp³-hybridized carbons (Fsp3) is 0.182. The van der Waals surface area contributed by atoms with E-state index >= 15 is 0 Å². The van der Waals surface area contributed by atoms with Crippen molar-refractivity contribution in [2.75, 3.05) is 5.32 Å². The van der Waals surface area contributed by atoms with Crippen LogP contribution in [0.1, 0.15) is 21.7 Å². The number of hydrogen-bond donors (Lipinski definition) is 3. The fourth-order valence-electron chi connectivity index (χ4n) is 1.62. The zero-order chi connectivity index (χ0) is 13.3. The first kappa shape index (κ1) is 12.4. The van der Waals surface area contributed by atoms with E-state index in [1.165, 1.54) is 0 Å². The summed E-state index contributed by atoms with van der Waals surface area (Å²) in [6.45, 7) is 3.75. The molecule has 1 amide bonds. The SMILES string of the molecule is Cc1cc(C)c(NC(=O)c2n[nH]c(=O)[nH]2)c(Cl)c1. The number of amides is 1. The summed E-state index contributed by atoms with van der Waals surface area (Å²) in [5, 5.41) is 8.71. The van der Waals surface area contributed by atoms with Gasteiger partial charge in [0.2, 0.25) is 5.82 Å². The topological polar surface area (TPSA) is 90.6 Å². The quantitative estimate of drug-likeness (QED) is 0.771. The average molecular weight is 267 g/mol. The van der Waals surface area contributed by atoms with Crippen molar-refractivity contribution in [1.29, 1.82) is 0 Å². The van der Waals surface area contributed by atoms with E-state index in [1.807, 2.05) is 19.9 Å². The Kier molecular flexibility index (Phi) is 3.20. The second-order valence-corrected chi connectivity index (χ2v) is 4.33.